The summed E-state index contributed by atoms with van der Waals surface area (Å²) in [6, 6.07) is 8.03. The van der Waals surface area contributed by atoms with E-state index in [-0.39, 0.29) is 17.2 Å². The van der Waals surface area contributed by atoms with Crippen molar-refractivity contribution in [2.45, 2.75) is 19.9 Å². The fraction of sp³-hybridized carbons (Fsp3) is 0.176. The predicted octanol–water partition coefficient (Wildman–Crippen LogP) is 2.25. The van der Waals surface area contributed by atoms with Crippen LogP contribution in [0.1, 0.15) is 34.7 Å². The van der Waals surface area contributed by atoms with Crippen LogP contribution in [-0.4, -0.2) is 30.8 Å². The number of aromatic amines is 1. The SMILES string of the molecule is Cc1nc(-c2cnn(C(C)c3ccc(C(=O)O)cc3)c2)cc(=O)[nH]1. The minimum absolute atomic E-state index is 0.0790. The standard InChI is InChI=1S/C17H16N4O3/c1-10(12-3-5-13(6-4-12)17(23)24)21-9-14(8-18-21)15-7-16(22)20-11(2)19-15/h3-10H,1-2H3,(H,23,24)(H,19,20,22). The molecule has 0 aliphatic rings. The maximum atomic E-state index is 11.6. The van der Waals surface area contributed by atoms with Crippen LogP contribution >= 0.6 is 0 Å². The van der Waals surface area contributed by atoms with Gasteiger partial charge in [0.15, 0.2) is 0 Å². The van der Waals surface area contributed by atoms with Gasteiger partial charge in [-0.2, -0.15) is 5.10 Å². The number of hydrogen-bond acceptors (Lipinski definition) is 4. The van der Waals surface area contributed by atoms with E-state index >= 15 is 0 Å². The monoisotopic (exact) mass is 324 g/mol. The molecule has 1 unspecified atom stereocenters. The molecule has 2 N–H and O–H groups in total. The maximum absolute atomic E-state index is 11.6. The summed E-state index contributed by atoms with van der Waals surface area (Å²) in [6.45, 7) is 3.69. The first-order valence-electron chi connectivity index (χ1n) is 7.40. The van der Waals surface area contributed by atoms with Crippen LogP contribution in [0.25, 0.3) is 11.3 Å². The highest BCUT2D eigenvalue weighted by Crippen LogP contribution is 2.21. The number of H-pyrrole nitrogens is 1. The second kappa shape index (κ2) is 6.11. The molecule has 0 radical (unpaired) electrons. The van der Waals surface area contributed by atoms with Gasteiger partial charge in [0.1, 0.15) is 5.82 Å². The van der Waals surface area contributed by atoms with E-state index in [1.54, 1.807) is 42.1 Å². The average Bonchev–Trinajstić information content (AvgIpc) is 3.03. The van der Waals surface area contributed by atoms with Crippen LogP contribution < -0.4 is 5.56 Å². The Morgan fingerprint density at radius 3 is 2.62 bits per heavy atom. The van der Waals surface area contributed by atoms with Crippen LogP contribution in [0.2, 0.25) is 0 Å². The number of hydrogen-bond donors (Lipinski definition) is 2. The van der Waals surface area contributed by atoms with E-state index in [1.165, 1.54) is 6.07 Å². The largest absolute Gasteiger partial charge is 0.478 e. The van der Waals surface area contributed by atoms with Crippen LogP contribution in [0.15, 0.2) is 47.5 Å². The topological polar surface area (TPSA) is 101 Å². The number of carboxylic acids is 1. The van der Waals surface area contributed by atoms with Crippen LogP contribution in [0.5, 0.6) is 0 Å². The van der Waals surface area contributed by atoms with Crippen LogP contribution in [0.4, 0.5) is 0 Å². The van der Waals surface area contributed by atoms with Gasteiger partial charge < -0.3 is 10.1 Å². The number of aromatic nitrogens is 4. The summed E-state index contributed by atoms with van der Waals surface area (Å²) in [5.41, 5.74) is 2.29. The van der Waals surface area contributed by atoms with Crippen molar-refractivity contribution in [3.05, 3.63) is 70.0 Å². The molecule has 7 nitrogen and oxygen atoms in total. The highest BCUT2D eigenvalue weighted by atomic mass is 16.4. The third-order valence-corrected chi connectivity index (χ3v) is 3.79. The Hall–Kier alpha value is -3.22. The minimum atomic E-state index is -0.952. The fourth-order valence-corrected chi connectivity index (χ4v) is 2.47. The van der Waals surface area contributed by atoms with Gasteiger partial charge in [-0.15, -0.1) is 0 Å². The zero-order chi connectivity index (χ0) is 17.3. The van der Waals surface area contributed by atoms with Crippen molar-refractivity contribution < 1.29 is 9.90 Å². The number of rotatable bonds is 4. The number of carboxylic acid groups (broad SMARTS) is 1. The first-order valence-corrected chi connectivity index (χ1v) is 7.40. The second-order valence-electron chi connectivity index (χ2n) is 5.53. The smallest absolute Gasteiger partial charge is 0.335 e. The van der Waals surface area contributed by atoms with E-state index in [0.717, 1.165) is 11.1 Å². The summed E-state index contributed by atoms with van der Waals surface area (Å²) in [5.74, 6) is -0.408. The Morgan fingerprint density at radius 2 is 2.00 bits per heavy atom. The summed E-state index contributed by atoms with van der Waals surface area (Å²) in [7, 11) is 0. The van der Waals surface area contributed by atoms with Crippen molar-refractivity contribution in [1.82, 2.24) is 19.7 Å². The Morgan fingerprint density at radius 1 is 1.29 bits per heavy atom. The molecule has 7 heteroatoms. The zero-order valence-electron chi connectivity index (χ0n) is 13.2. The first-order chi connectivity index (χ1) is 11.4. The lowest BCUT2D eigenvalue weighted by Gasteiger charge is -2.12. The van der Waals surface area contributed by atoms with E-state index in [4.69, 9.17) is 5.11 Å². The highest BCUT2D eigenvalue weighted by Gasteiger charge is 2.12. The molecule has 2 heterocycles. The van der Waals surface area contributed by atoms with E-state index in [2.05, 4.69) is 15.1 Å². The molecule has 0 spiro atoms. The number of carbonyl (C=O) groups is 1. The van der Waals surface area contributed by atoms with E-state index < -0.39 is 5.97 Å². The van der Waals surface area contributed by atoms with Gasteiger partial charge in [0.25, 0.3) is 5.56 Å². The summed E-state index contributed by atoms with van der Waals surface area (Å²) in [4.78, 5) is 29.4. The number of nitrogens with zero attached hydrogens (tertiary/aromatic N) is 3. The summed E-state index contributed by atoms with van der Waals surface area (Å²) in [6.07, 6.45) is 3.47. The van der Waals surface area contributed by atoms with Gasteiger partial charge in [-0.05, 0) is 31.5 Å². The zero-order valence-corrected chi connectivity index (χ0v) is 13.2. The quantitative estimate of drug-likeness (QED) is 0.766. The highest BCUT2D eigenvalue weighted by molar-refractivity contribution is 5.87. The maximum Gasteiger partial charge on any atom is 0.335 e. The molecule has 1 aromatic carbocycles. The van der Waals surface area contributed by atoms with Gasteiger partial charge in [-0.25, -0.2) is 9.78 Å². The molecule has 0 saturated heterocycles. The summed E-state index contributed by atoms with van der Waals surface area (Å²) in [5, 5.41) is 13.3. The van der Waals surface area contributed by atoms with Crippen molar-refractivity contribution >= 4 is 5.97 Å². The predicted molar refractivity (Wildman–Crippen MR) is 88.0 cm³/mol. The van der Waals surface area contributed by atoms with Crippen LogP contribution in [0, 0.1) is 6.92 Å². The number of aryl methyl sites for hydroxylation is 1. The molecule has 1 atom stereocenters. The molecule has 0 saturated carbocycles. The first kappa shape index (κ1) is 15.7. The summed E-state index contributed by atoms with van der Waals surface area (Å²) >= 11 is 0. The Labute approximate surface area is 137 Å². The molecule has 0 amide bonds. The van der Waals surface area contributed by atoms with Crippen molar-refractivity contribution in [2.24, 2.45) is 0 Å². The van der Waals surface area contributed by atoms with Crippen molar-refractivity contribution in [3.63, 3.8) is 0 Å². The molecule has 122 valence electrons. The Balaban J connectivity index is 1.89. The number of aromatic carboxylic acids is 1. The molecular formula is C17H16N4O3. The third-order valence-electron chi connectivity index (χ3n) is 3.79. The molecule has 2 aromatic heterocycles. The molecule has 0 aliphatic carbocycles. The van der Waals surface area contributed by atoms with Gasteiger partial charge in [-0.3, -0.25) is 9.48 Å². The lowest BCUT2D eigenvalue weighted by Crippen LogP contribution is -2.09. The molecule has 0 fully saturated rings. The fourth-order valence-electron chi connectivity index (χ4n) is 2.47. The number of nitrogens with one attached hydrogen (secondary N) is 1. The van der Waals surface area contributed by atoms with Gasteiger partial charge in [0.05, 0.1) is 23.5 Å². The third kappa shape index (κ3) is 3.10. The minimum Gasteiger partial charge on any atom is -0.478 e. The van der Waals surface area contributed by atoms with Gasteiger partial charge in [0, 0.05) is 17.8 Å². The van der Waals surface area contributed by atoms with Gasteiger partial charge in [0.2, 0.25) is 0 Å². The normalized spacial score (nSPS) is 12.1. The van der Waals surface area contributed by atoms with Crippen molar-refractivity contribution in [2.75, 3.05) is 0 Å². The number of benzene rings is 1. The Kier molecular flexibility index (Phi) is 3.99. The summed E-state index contributed by atoms with van der Waals surface area (Å²) < 4.78 is 1.75. The van der Waals surface area contributed by atoms with Crippen LogP contribution in [-0.2, 0) is 0 Å². The lowest BCUT2D eigenvalue weighted by atomic mass is 10.1. The lowest BCUT2D eigenvalue weighted by molar-refractivity contribution is 0.0697. The Bertz CT molecular complexity index is 941. The second-order valence-corrected chi connectivity index (χ2v) is 5.53. The van der Waals surface area contributed by atoms with Crippen LogP contribution in [0.3, 0.4) is 0 Å². The molecule has 0 bridgehead atoms. The molecule has 24 heavy (non-hydrogen) atoms. The molecule has 3 rings (SSSR count). The molecule has 0 aliphatic heterocycles. The van der Waals surface area contributed by atoms with Crippen molar-refractivity contribution in [3.8, 4) is 11.3 Å². The van der Waals surface area contributed by atoms with Crippen molar-refractivity contribution in [1.29, 1.82) is 0 Å². The molecular weight excluding hydrogens is 308 g/mol. The molecule has 3 aromatic rings. The van der Waals surface area contributed by atoms with Gasteiger partial charge in [-0.1, -0.05) is 12.1 Å². The van der Waals surface area contributed by atoms with E-state index in [9.17, 15) is 9.59 Å². The van der Waals surface area contributed by atoms with E-state index in [1.807, 2.05) is 13.1 Å². The average molecular weight is 324 g/mol. The van der Waals surface area contributed by atoms with E-state index in [0.29, 0.717) is 11.5 Å². The van der Waals surface area contributed by atoms with Gasteiger partial charge >= 0.3 is 5.97 Å².